The Morgan fingerprint density at radius 1 is 1.20 bits per heavy atom. The van der Waals surface area contributed by atoms with E-state index in [1.807, 2.05) is 0 Å². The van der Waals surface area contributed by atoms with Crippen LogP contribution in [0.2, 0.25) is 0 Å². The molecule has 0 aliphatic carbocycles. The number of aromatic nitrogens is 1. The lowest BCUT2D eigenvalue weighted by Gasteiger charge is -2.10. The minimum atomic E-state index is -0.968. The fourth-order valence-corrected chi connectivity index (χ4v) is 1.75. The lowest BCUT2D eigenvalue weighted by Crippen LogP contribution is -2.17. The normalized spacial score (nSPS) is 10.0. The van der Waals surface area contributed by atoms with Gasteiger partial charge in [-0.2, -0.15) is 0 Å². The molecule has 0 fully saturated rings. The van der Waals surface area contributed by atoms with Crippen molar-refractivity contribution in [2.24, 2.45) is 0 Å². The molecule has 0 unspecified atom stereocenters. The highest BCUT2D eigenvalue weighted by molar-refractivity contribution is 6.06. The molecule has 0 aliphatic heterocycles. The second-order valence-electron chi connectivity index (χ2n) is 4.12. The van der Waals surface area contributed by atoms with Crippen molar-refractivity contribution in [1.29, 1.82) is 0 Å². The summed E-state index contributed by atoms with van der Waals surface area (Å²) in [4.78, 5) is 26.8. The van der Waals surface area contributed by atoms with Gasteiger partial charge < -0.3 is 16.2 Å². The van der Waals surface area contributed by atoms with E-state index < -0.39 is 11.9 Å². The number of carboxylic acids is 1. The summed E-state index contributed by atoms with van der Waals surface area (Å²) in [5.41, 5.74) is 7.00. The first kappa shape index (κ1) is 13.5. The van der Waals surface area contributed by atoms with Gasteiger partial charge in [-0.1, -0.05) is 18.2 Å². The Labute approximate surface area is 115 Å². The van der Waals surface area contributed by atoms with Crippen LogP contribution in [0.5, 0.6) is 0 Å². The van der Waals surface area contributed by atoms with Crippen molar-refractivity contribution in [2.75, 3.05) is 11.1 Å². The first-order valence-corrected chi connectivity index (χ1v) is 5.89. The second-order valence-corrected chi connectivity index (χ2v) is 4.12. The third kappa shape index (κ3) is 3.11. The number of pyridine rings is 1. The highest BCUT2D eigenvalue weighted by Gasteiger charge is 2.13. The topological polar surface area (TPSA) is 105 Å². The first-order valence-electron chi connectivity index (χ1n) is 5.89. The summed E-state index contributed by atoms with van der Waals surface area (Å²) in [6.45, 7) is 0. The molecule has 6 heteroatoms. The van der Waals surface area contributed by atoms with Gasteiger partial charge in [0.2, 0.25) is 0 Å². The molecule has 2 rings (SSSR count). The molecular formula is C14H13N3O3. The van der Waals surface area contributed by atoms with E-state index in [9.17, 15) is 9.59 Å². The summed E-state index contributed by atoms with van der Waals surface area (Å²) < 4.78 is 0. The van der Waals surface area contributed by atoms with Crippen LogP contribution in [0.1, 0.15) is 16.1 Å². The third-order valence-corrected chi connectivity index (χ3v) is 2.66. The SMILES string of the molecule is Nc1cccnc1C(=O)Nc1ccccc1CC(=O)O. The van der Waals surface area contributed by atoms with Crippen molar-refractivity contribution in [3.05, 3.63) is 53.9 Å². The number of nitrogens with zero attached hydrogens (tertiary/aromatic N) is 1. The Balaban J connectivity index is 2.24. The number of para-hydroxylation sites is 1. The number of aliphatic carboxylic acids is 1. The second kappa shape index (κ2) is 5.83. The Morgan fingerprint density at radius 2 is 1.95 bits per heavy atom. The van der Waals surface area contributed by atoms with Crippen LogP contribution in [0.15, 0.2) is 42.6 Å². The van der Waals surface area contributed by atoms with Gasteiger partial charge in [0.05, 0.1) is 12.1 Å². The summed E-state index contributed by atoms with van der Waals surface area (Å²) in [7, 11) is 0. The zero-order valence-corrected chi connectivity index (χ0v) is 10.5. The Kier molecular flexibility index (Phi) is 3.95. The number of carboxylic acid groups (broad SMARTS) is 1. The van der Waals surface area contributed by atoms with Gasteiger partial charge in [0, 0.05) is 11.9 Å². The average Bonchev–Trinajstić information content (AvgIpc) is 2.41. The monoisotopic (exact) mass is 271 g/mol. The maximum absolute atomic E-state index is 12.1. The van der Waals surface area contributed by atoms with Crippen LogP contribution in [0.25, 0.3) is 0 Å². The maximum atomic E-state index is 12.1. The molecule has 102 valence electrons. The van der Waals surface area contributed by atoms with Crippen LogP contribution in [0.4, 0.5) is 11.4 Å². The van der Waals surface area contributed by atoms with Crippen molar-refractivity contribution in [3.8, 4) is 0 Å². The van der Waals surface area contributed by atoms with Gasteiger partial charge in [-0.05, 0) is 23.8 Å². The molecule has 1 aromatic heterocycles. The highest BCUT2D eigenvalue weighted by atomic mass is 16.4. The quantitative estimate of drug-likeness (QED) is 0.782. The molecule has 0 bridgehead atoms. The van der Waals surface area contributed by atoms with Gasteiger partial charge in [0.1, 0.15) is 0 Å². The number of nitrogen functional groups attached to an aromatic ring is 1. The zero-order valence-electron chi connectivity index (χ0n) is 10.5. The van der Waals surface area contributed by atoms with Gasteiger partial charge in [-0.25, -0.2) is 4.98 Å². The average molecular weight is 271 g/mol. The molecular weight excluding hydrogens is 258 g/mol. The molecule has 0 spiro atoms. The number of hydrogen-bond donors (Lipinski definition) is 3. The van der Waals surface area contributed by atoms with E-state index in [-0.39, 0.29) is 17.8 Å². The lowest BCUT2D eigenvalue weighted by atomic mass is 10.1. The standard InChI is InChI=1S/C14H13N3O3/c15-10-5-3-7-16-13(10)14(20)17-11-6-2-1-4-9(11)8-12(18)19/h1-7H,8,15H2,(H,17,20)(H,18,19). The molecule has 1 heterocycles. The van der Waals surface area contributed by atoms with E-state index in [0.717, 1.165) is 0 Å². The number of carbonyl (C=O) groups is 2. The molecule has 0 aliphatic rings. The van der Waals surface area contributed by atoms with Crippen LogP contribution >= 0.6 is 0 Å². The fraction of sp³-hybridized carbons (Fsp3) is 0.0714. The fourth-order valence-electron chi connectivity index (χ4n) is 1.75. The Morgan fingerprint density at radius 3 is 2.65 bits per heavy atom. The number of hydrogen-bond acceptors (Lipinski definition) is 4. The van der Waals surface area contributed by atoms with Crippen LogP contribution in [-0.4, -0.2) is 22.0 Å². The molecule has 0 atom stereocenters. The van der Waals surface area contributed by atoms with Gasteiger partial charge in [-0.15, -0.1) is 0 Å². The minimum absolute atomic E-state index is 0.109. The molecule has 2 aromatic rings. The molecule has 0 saturated heterocycles. The number of nitrogens with two attached hydrogens (primary N) is 1. The van der Waals surface area contributed by atoms with E-state index >= 15 is 0 Å². The number of carbonyl (C=O) groups excluding carboxylic acids is 1. The summed E-state index contributed by atoms with van der Waals surface area (Å²) in [6.07, 6.45) is 1.29. The summed E-state index contributed by atoms with van der Waals surface area (Å²) >= 11 is 0. The van der Waals surface area contributed by atoms with Crippen LogP contribution in [-0.2, 0) is 11.2 Å². The van der Waals surface area contributed by atoms with Crippen molar-refractivity contribution >= 4 is 23.3 Å². The van der Waals surface area contributed by atoms with Crippen molar-refractivity contribution < 1.29 is 14.7 Å². The van der Waals surface area contributed by atoms with Gasteiger partial charge in [0.25, 0.3) is 5.91 Å². The summed E-state index contributed by atoms with van der Waals surface area (Å²) in [6, 6.07) is 9.90. The van der Waals surface area contributed by atoms with Crippen LogP contribution < -0.4 is 11.1 Å². The molecule has 1 amide bonds. The number of amides is 1. The molecule has 0 radical (unpaired) electrons. The molecule has 4 N–H and O–H groups in total. The first-order chi connectivity index (χ1) is 9.58. The number of nitrogens with one attached hydrogen (secondary N) is 1. The van der Waals surface area contributed by atoms with Gasteiger partial charge in [0.15, 0.2) is 5.69 Å². The van der Waals surface area contributed by atoms with E-state index in [1.54, 1.807) is 36.4 Å². The highest BCUT2D eigenvalue weighted by Crippen LogP contribution is 2.17. The van der Waals surface area contributed by atoms with Gasteiger partial charge in [-0.3, -0.25) is 9.59 Å². The van der Waals surface area contributed by atoms with Crippen molar-refractivity contribution in [1.82, 2.24) is 4.98 Å². The molecule has 0 saturated carbocycles. The van der Waals surface area contributed by atoms with Crippen molar-refractivity contribution in [3.63, 3.8) is 0 Å². The Hall–Kier alpha value is -2.89. The smallest absolute Gasteiger partial charge is 0.307 e. The van der Waals surface area contributed by atoms with Crippen LogP contribution in [0, 0.1) is 0 Å². The van der Waals surface area contributed by atoms with E-state index in [4.69, 9.17) is 10.8 Å². The molecule has 20 heavy (non-hydrogen) atoms. The van der Waals surface area contributed by atoms with Crippen molar-refractivity contribution in [2.45, 2.75) is 6.42 Å². The molecule has 6 nitrogen and oxygen atoms in total. The van der Waals surface area contributed by atoms with E-state index in [2.05, 4.69) is 10.3 Å². The minimum Gasteiger partial charge on any atom is -0.481 e. The van der Waals surface area contributed by atoms with Crippen LogP contribution in [0.3, 0.4) is 0 Å². The van der Waals surface area contributed by atoms with Gasteiger partial charge >= 0.3 is 5.97 Å². The summed E-state index contributed by atoms with van der Waals surface area (Å²) in [5.74, 6) is -1.44. The number of rotatable bonds is 4. The predicted octanol–water partition coefficient (Wildman–Crippen LogP) is 1.54. The zero-order chi connectivity index (χ0) is 14.5. The largest absolute Gasteiger partial charge is 0.481 e. The summed E-state index contributed by atoms with van der Waals surface area (Å²) in [5, 5.41) is 11.5. The molecule has 1 aromatic carbocycles. The maximum Gasteiger partial charge on any atom is 0.307 e. The predicted molar refractivity (Wildman–Crippen MR) is 74.4 cm³/mol. The third-order valence-electron chi connectivity index (χ3n) is 2.66. The van der Waals surface area contributed by atoms with E-state index in [0.29, 0.717) is 11.3 Å². The lowest BCUT2D eigenvalue weighted by molar-refractivity contribution is -0.136. The number of benzene rings is 1. The number of anilines is 2. The Bertz CT molecular complexity index is 656. The van der Waals surface area contributed by atoms with E-state index in [1.165, 1.54) is 6.20 Å².